The van der Waals surface area contributed by atoms with E-state index in [1.54, 1.807) is 36.7 Å². The van der Waals surface area contributed by atoms with Crippen molar-refractivity contribution in [2.24, 2.45) is 0 Å². The van der Waals surface area contributed by atoms with Crippen LogP contribution in [0.1, 0.15) is 59.7 Å². The summed E-state index contributed by atoms with van der Waals surface area (Å²) in [5.74, 6) is -70.8. The van der Waals surface area contributed by atoms with E-state index in [0.29, 0.717) is 11.5 Å². The number of aromatic nitrogens is 1. The molecule has 28 heteroatoms. The molecule has 1 N–H and O–H groups in total. The molecular weight excluding hydrogens is 1320 g/mol. The second kappa shape index (κ2) is 29.4. The van der Waals surface area contributed by atoms with Gasteiger partial charge in [0.25, 0.3) is 0 Å². The summed E-state index contributed by atoms with van der Waals surface area (Å²) in [7, 11) is -3.87. The zero-order valence-corrected chi connectivity index (χ0v) is 47.7. The summed E-state index contributed by atoms with van der Waals surface area (Å²) in [6.07, 6.45) is -3.72. The number of halogens is 20. The van der Waals surface area contributed by atoms with Crippen molar-refractivity contribution in [2.75, 3.05) is 0 Å². The van der Waals surface area contributed by atoms with Gasteiger partial charge in [-0.1, -0.05) is 139 Å². The van der Waals surface area contributed by atoms with Gasteiger partial charge < -0.3 is 10.5 Å². The minimum Gasteiger partial charge on any atom is -0.672 e. The van der Waals surface area contributed by atoms with E-state index in [2.05, 4.69) is 54.7 Å². The fourth-order valence-corrected chi connectivity index (χ4v) is 10.0. The Labute approximate surface area is 501 Å². The van der Waals surface area contributed by atoms with Crippen LogP contribution in [0, 0.1) is 130 Å². The molecule has 0 amide bonds. The minimum absolute atomic E-state index is 0. The van der Waals surface area contributed by atoms with Gasteiger partial charge in [-0.25, -0.2) is 96.2 Å². The Morgan fingerprint density at radius 1 is 0.364 bits per heavy atom. The topological polar surface area (TPSA) is 84.9 Å². The molecule has 1 heterocycles. The van der Waals surface area contributed by atoms with Gasteiger partial charge in [-0.15, -0.1) is 33.9 Å². The van der Waals surface area contributed by atoms with Gasteiger partial charge in [0.05, 0.1) is 0 Å². The number of benzene rings is 8. The first-order valence-electron chi connectivity index (χ1n) is 24.9. The van der Waals surface area contributed by atoms with Crippen molar-refractivity contribution in [2.45, 2.75) is 50.6 Å². The van der Waals surface area contributed by atoms with Crippen molar-refractivity contribution in [1.29, 1.82) is 0 Å². The molecule has 8 aromatic carbocycles. The molecule has 0 bridgehead atoms. The molecule has 0 saturated carbocycles. The van der Waals surface area contributed by atoms with Crippen LogP contribution >= 0.6 is 0 Å². The summed E-state index contributed by atoms with van der Waals surface area (Å²) in [5, 5.41) is 0. The van der Waals surface area contributed by atoms with Crippen LogP contribution in [-0.4, -0.2) is 19.5 Å². The fraction of sp³-hybridized carbons (Fsp3) is 0.117. The SMILES string of the molecule is Cc1ccc(C(C)C)cc1.Cc1ccc(S(=O)(=O)[N-][C@@H](c2ccccc2)[C@@H]([NH-])c2ccccc2)cc1.Fc1c(F)c(F)c([B-](c2c(F)c(F)c(F)c(F)c2F)(c2c(F)c(F)c(F)c(F)c2F)c2c(F)c(F)c(F)c(F)c2F)c(F)c1F.[Ru+3].c1ccncc1. The summed E-state index contributed by atoms with van der Waals surface area (Å²) < 4.78 is 324. The van der Waals surface area contributed by atoms with E-state index in [9.17, 15) is 61.1 Å². The van der Waals surface area contributed by atoms with Gasteiger partial charge in [0.15, 0.2) is 69.8 Å². The average molecular weight is 1360 g/mol. The van der Waals surface area contributed by atoms with Crippen LogP contribution in [0.25, 0.3) is 10.5 Å². The van der Waals surface area contributed by atoms with Gasteiger partial charge in [0.2, 0.25) is 0 Å². The predicted molar refractivity (Wildman–Crippen MR) is 283 cm³/mol. The second-order valence-corrected chi connectivity index (χ2v) is 20.7. The summed E-state index contributed by atoms with van der Waals surface area (Å²) in [4.78, 5) is 3.93. The third-order valence-corrected chi connectivity index (χ3v) is 14.6. The molecular formula is C60H39BF20N3O2RuS. The molecule has 0 saturated heterocycles. The van der Waals surface area contributed by atoms with E-state index in [1.807, 2.05) is 85.8 Å². The number of hydrogen-bond acceptors (Lipinski definition) is 3. The Balaban J connectivity index is 0.000000271. The normalized spacial score (nSPS) is 12.0. The summed E-state index contributed by atoms with van der Waals surface area (Å²) in [6, 6.07) is 37.7. The standard InChI is InChI=1S/C24BF20.C21H20N2O2S.C10H14.C5H5N.Ru/c26-5-1(6(27)14(35)21(42)13(5)34)25(2-7(28)15(36)22(43)16(37)8(2)29,3-9(30)17(38)23(44)18(39)10(3)31)4-11(32)19(40)24(45)20(41)12(4)33;1-16-12-14-19(15-13-16)26(24,25)23-21(18-10-6-3-7-11-18)20(22)17-8-4-2-5-9-17;1-8(2)10-6-4-9(3)5-7-10;1-2-4-6-5-3-1;/h;2-15,20-22H,1H3;4-8H,1-3H3;1-5H;/q-1;-2;;;+3/t;20-,21-;;;/m.0.../s1. The molecule has 1 aromatic heterocycles. The Kier molecular flexibility index (Phi) is 23.6. The largest absolute Gasteiger partial charge is 3.00 e. The van der Waals surface area contributed by atoms with E-state index in [-0.39, 0.29) is 24.4 Å². The van der Waals surface area contributed by atoms with Crippen LogP contribution in [0.15, 0.2) is 145 Å². The maximum absolute atomic E-state index is 15.4. The van der Waals surface area contributed by atoms with Crippen molar-refractivity contribution in [3.05, 3.63) is 294 Å². The number of sulfonamides is 1. The molecule has 463 valence electrons. The monoisotopic (exact) mass is 1360 g/mol. The fourth-order valence-electron chi connectivity index (χ4n) is 8.87. The summed E-state index contributed by atoms with van der Waals surface area (Å²) in [6.45, 7) is 8.44. The molecule has 0 fully saturated rings. The first-order valence-corrected chi connectivity index (χ1v) is 26.3. The van der Waals surface area contributed by atoms with Gasteiger partial charge in [-0.3, -0.25) is 4.98 Å². The van der Waals surface area contributed by atoms with Crippen molar-refractivity contribution < 1.29 is 116 Å². The van der Waals surface area contributed by atoms with Gasteiger partial charge in [-0.05, 0) is 49.6 Å². The first kappa shape index (κ1) is 70.8. The van der Waals surface area contributed by atoms with Crippen LogP contribution in [-0.2, 0) is 29.5 Å². The van der Waals surface area contributed by atoms with Gasteiger partial charge in [0.1, 0.15) is 62.7 Å². The maximum Gasteiger partial charge on any atom is 3.00 e. The molecule has 5 nitrogen and oxygen atoms in total. The summed E-state index contributed by atoms with van der Waals surface area (Å²) >= 11 is 0. The molecule has 1 radical (unpaired) electrons. The molecule has 0 aliphatic rings. The maximum atomic E-state index is 15.4. The van der Waals surface area contributed by atoms with Crippen LogP contribution in [0.4, 0.5) is 87.8 Å². The molecule has 0 unspecified atom stereocenters. The Hall–Kier alpha value is -7.93. The van der Waals surface area contributed by atoms with Crippen molar-refractivity contribution in [3.63, 3.8) is 0 Å². The molecule has 0 spiro atoms. The third kappa shape index (κ3) is 14.1. The van der Waals surface area contributed by atoms with E-state index < -0.39 is 166 Å². The number of nitrogens with zero attached hydrogens (tertiary/aromatic N) is 2. The minimum atomic E-state index is -7.22. The van der Waals surface area contributed by atoms with E-state index in [1.165, 1.54) is 11.1 Å². The number of nitrogens with one attached hydrogen (secondary N) is 1. The van der Waals surface area contributed by atoms with E-state index in [0.717, 1.165) is 11.1 Å². The Morgan fingerprint density at radius 3 is 0.886 bits per heavy atom. The van der Waals surface area contributed by atoms with E-state index in [4.69, 9.17) is 5.73 Å². The van der Waals surface area contributed by atoms with Crippen LogP contribution in [0.2, 0.25) is 0 Å². The molecule has 88 heavy (non-hydrogen) atoms. The van der Waals surface area contributed by atoms with Crippen molar-refractivity contribution >= 4 is 38.0 Å². The van der Waals surface area contributed by atoms with Gasteiger partial charge >= 0.3 is 19.5 Å². The molecule has 2 atom stereocenters. The number of pyridine rings is 1. The second-order valence-electron chi connectivity index (χ2n) is 19.0. The average Bonchev–Trinajstić information content (AvgIpc) is 0.717. The van der Waals surface area contributed by atoms with Crippen molar-refractivity contribution in [1.82, 2.24) is 4.98 Å². The molecule has 9 rings (SSSR count). The quantitative estimate of drug-likeness (QED) is 0.0560. The third-order valence-electron chi connectivity index (χ3n) is 13.2. The number of hydrogen-bond donors (Lipinski definition) is 0. The zero-order chi connectivity index (χ0) is 64.7. The van der Waals surface area contributed by atoms with Gasteiger partial charge in [0, 0.05) is 17.3 Å². The Bertz CT molecular complexity index is 3640. The van der Waals surface area contributed by atoms with E-state index >= 15 is 35.1 Å². The summed E-state index contributed by atoms with van der Waals surface area (Å²) in [5.41, 5.74) is -0.539. The number of aryl methyl sites for hydroxylation is 2. The smallest absolute Gasteiger partial charge is 0.672 e. The molecule has 0 aliphatic carbocycles. The zero-order valence-electron chi connectivity index (χ0n) is 45.1. The molecule has 9 aromatic rings. The van der Waals surface area contributed by atoms with Crippen LogP contribution in [0.3, 0.4) is 0 Å². The predicted octanol–water partition coefficient (Wildman–Crippen LogP) is 15.6. The van der Waals surface area contributed by atoms with Crippen molar-refractivity contribution in [3.8, 4) is 0 Å². The first-order chi connectivity index (χ1) is 40.9. The van der Waals surface area contributed by atoms with Crippen LogP contribution in [0.5, 0.6) is 0 Å². The Morgan fingerprint density at radius 2 is 0.625 bits per heavy atom. The number of rotatable bonds is 11. The van der Waals surface area contributed by atoms with Gasteiger partial charge in [-0.2, -0.15) is 0 Å². The molecule has 0 aliphatic heterocycles. The van der Waals surface area contributed by atoms with Crippen LogP contribution < -0.4 is 21.9 Å².